The van der Waals surface area contributed by atoms with Gasteiger partial charge >= 0.3 is 5.97 Å². The molecule has 8 nitrogen and oxygen atoms in total. The zero-order valence-corrected chi connectivity index (χ0v) is 19.0. The number of anilines is 1. The topological polar surface area (TPSA) is 106 Å². The molecule has 3 amide bonds. The predicted octanol–water partition coefficient (Wildman–Crippen LogP) is 4.87. The molecule has 1 aromatic heterocycles. The van der Waals surface area contributed by atoms with Crippen molar-refractivity contribution in [3.05, 3.63) is 57.3 Å². The molecule has 1 aliphatic heterocycles. The number of aryl methyl sites for hydroxylation is 1. The Balaban J connectivity index is 1.64. The van der Waals surface area contributed by atoms with Gasteiger partial charge in [-0.25, -0.2) is 4.79 Å². The first kappa shape index (κ1) is 23.6. The van der Waals surface area contributed by atoms with Crippen molar-refractivity contribution in [1.29, 1.82) is 0 Å². The minimum absolute atomic E-state index is 0.114. The molecule has 10 heteroatoms. The lowest BCUT2D eigenvalue weighted by Crippen LogP contribution is -2.36. The number of esters is 1. The summed E-state index contributed by atoms with van der Waals surface area (Å²) in [4.78, 5) is 50.4. The van der Waals surface area contributed by atoms with Crippen LogP contribution in [0.1, 0.15) is 41.6 Å². The fraction of sp³-hybridized carbons (Fsp3) is 0.273. The fourth-order valence-electron chi connectivity index (χ4n) is 2.79. The molecule has 2 heterocycles. The summed E-state index contributed by atoms with van der Waals surface area (Å²) < 4.78 is 10.6. The first-order valence-corrected chi connectivity index (χ1v) is 11.1. The average Bonchev–Trinajstić information content (AvgIpc) is 3.27. The van der Waals surface area contributed by atoms with Gasteiger partial charge in [0, 0.05) is 11.8 Å². The molecule has 0 radical (unpaired) electrons. The molecule has 0 bridgehead atoms. The van der Waals surface area contributed by atoms with Crippen LogP contribution in [0.25, 0.3) is 6.08 Å². The monoisotopic (exact) mass is 476 g/mol. The number of hydrogen-bond donors (Lipinski definition) is 1. The Hall–Kier alpha value is -3.04. The molecule has 1 saturated heterocycles. The predicted molar refractivity (Wildman–Crippen MR) is 121 cm³/mol. The van der Waals surface area contributed by atoms with E-state index in [1.807, 2.05) is 6.92 Å². The minimum atomic E-state index is -0.602. The van der Waals surface area contributed by atoms with E-state index in [-0.39, 0.29) is 27.8 Å². The van der Waals surface area contributed by atoms with E-state index in [9.17, 15) is 19.2 Å². The Morgan fingerprint density at radius 3 is 2.72 bits per heavy atom. The van der Waals surface area contributed by atoms with Gasteiger partial charge in [0.15, 0.2) is 0 Å². The van der Waals surface area contributed by atoms with Crippen LogP contribution in [0.15, 0.2) is 39.7 Å². The van der Waals surface area contributed by atoms with Crippen LogP contribution >= 0.6 is 23.4 Å². The molecule has 1 aliphatic rings. The van der Waals surface area contributed by atoms with Crippen LogP contribution < -0.4 is 5.32 Å². The number of ether oxygens (including phenoxy) is 1. The second-order valence-corrected chi connectivity index (χ2v) is 8.35. The second kappa shape index (κ2) is 10.5. The number of amides is 3. The van der Waals surface area contributed by atoms with Gasteiger partial charge in [-0.2, -0.15) is 0 Å². The van der Waals surface area contributed by atoms with Gasteiger partial charge in [0.2, 0.25) is 5.91 Å². The summed E-state index contributed by atoms with van der Waals surface area (Å²) in [5.41, 5.74) is 0.402. The molecule has 0 saturated carbocycles. The number of unbranched alkanes of at least 4 members (excludes halogenated alkanes) is 1. The molecule has 0 unspecified atom stereocenters. The maximum atomic E-state index is 12.5. The van der Waals surface area contributed by atoms with Crippen molar-refractivity contribution in [3.8, 4) is 0 Å². The van der Waals surface area contributed by atoms with Gasteiger partial charge < -0.3 is 14.5 Å². The summed E-state index contributed by atoms with van der Waals surface area (Å²) in [6.07, 6.45) is 3.07. The maximum Gasteiger partial charge on any atom is 0.339 e. The first-order valence-electron chi connectivity index (χ1n) is 9.86. The number of carbonyl (C=O) groups excluding carboxylic acids is 4. The smallest absolute Gasteiger partial charge is 0.339 e. The van der Waals surface area contributed by atoms with Crippen molar-refractivity contribution in [3.63, 3.8) is 0 Å². The van der Waals surface area contributed by atoms with Gasteiger partial charge in [0.25, 0.3) is 11.1 Å². The highest BCUT2D eigenvalue weighted by atomic mass is 35.5. The molecule has 2 aromatic rings. The molecule has 168 valence electrons. The van der Waals surface area contributed by atoms with Crippen molar-refractivity contribution >= 4 is 58.1 Å². The van der Waals surface area contributed by atoms with Gasteiger partial charge in [-0.3, -0.25) is 19.3 Å². The normalized spacial score (nSPS) is 14.8. The van der Waals surface area contributed by atoms with E-state index in [1.54, 1.807) is 19.1 Å². The number of imide groups is 1. The number of furan rings is 1. The summed E-state index contributed by atoms with van der Waals surface area (Å²) in [6.45, 7) is 3.53. The van der Waals surface area contributed by atoms with Crippen molar-refractivity contribution in [2.45, 2.75) is 26.7 Å². The number of nitrogens with one attached hydrogen (secondary N) is 1. The first-order chi connectivity index (χ1) is 15.3. The Labute approximate surface area is 193 Å². The quantitative estimate of drug-likeness (QED) is 0.329. The van der Waals surface area contributed by atoms with Gasteiger partial charge in [-0.15, -0.1) is 0 Å². The SMILES string of the molecule is CCCCOC(=O)c1cc(NC(=O)CN2C(=O)S/C(=C/c3ccc(C)o3)C2=O)ccc1Cl. The zero-order valence-electron chi connectivity index (χ0n) is 17.5. The second-order valence-electron chi connectivity index (χ2n) is 6.95. The van der Waals surface area contributed by atoms with Crippen molar-refractivity contribution in [2.24, 2.45) is 0 Å². The van der Waals surface area contributed by atoms with E-state index in [2.05, 4.69) is 5.32 Å². The van der Waals surface area contributed by atoms with E-state index in [4.69, 9.17) is 20.8 Å². The molecule has 0 spiro atoms. The highest BCUT2D eigenvalue weighted by Crippen LogP contribution is 2.32. The molecule has 1 fully saturated rings. The third-order valence-corrected chi connectivity index (χ3v) is 5.65. The van der Waals surface area contributed by atoms with Crippen molar-refractivity contribution < 1.29 is 28.3 Å². The molecule has 0 aliphatic carbocycles. The third kappa shape index (κ3) is 5.80. The summed E-state index contributed by atoms with van der Waals surface area (Å²) in [5.74, 6) is -0.664. The molecule has 0 atom stereocenters. The van der Waals surface area contributed by atoms with Gasteiger partial charge in [-0.1, -0.05) is 24.9 Å². The van der Waals surface area contributed by atoms with Crippen molar-refractivity contribution in [1.82, 2.24) is 4.90 Å². The molecule has 1 N–H and O–H groups in total. The Bertz CT molecular complexity index is 1090. The molecule has 3 rings (SSSR count). The van der Waals surface area contributed by atoms with Crippen LogP contribution in [0.3, 0.4) is 0 Å². The summed E-state index contributed by atoms with van der Waals surface area (Å²) >= 11 is 6.80. The lowest BCUT2D eigenvalue weighted by molar-refractivity contribution is -0.127. The molecular formula is C22H21ClN2O6S. The molecule has 32 heavy (non-hydrogen) atoms. The van der Waals surface area contributed by atoms with E-state index in [1.165, 1.54) is 24.3 Å². The van der Waals surface area contributed by atoms with Crippen LogP contribution in [-0.2, 0) is 14.3 Å². The lowest BCUT2D eigenvalue weighted by Gasteiger charge is -2.13. The average molecular weight is 477 g/mol. The highest BCUT2D eigenvalue weighted by molar-refractivity contribution is 8.18. The number of hydrogen-bond acceptors (Lipinski definition) is 7. The van der Waals surface area contributed by atoms with Crippen LogP contribution in [0.2, 0.25) is 5.02 Å². The zero-order chi connectivity index (χ0) is 23.3. The van der Waals surface area contributed by atoms with Crippen LogP contribution in [0.4, 0.5) is 10.5 Å². The number of nitrogens with zero attached hydrogens (tertiary/aromatic N) is 1. The largest absolute Gasteiger partial charge is 0.462 e. The summed E-state index contributed by atoms with van der Waals surface area (Å²) in [7, 11) is 0. The van der Waals surface area contributed by atoms with Crippen LogP contribution in [0.5, 0.6) is 0 Å². The number of benzene rings is 1. The van der Waals surface area contributed by atoms with Gasteiger partial charge in [0.1, 0.15) is 18.1 Å². The lowest BCUT2D eigenvalue weighted by atomic mass is 10.2. The molecule has 1 aromatic carbocycles. The van der Waals surface area contributed by atoms with E-state index in [0.29, 0.717) is 11.5 Å². The van der Waals surface area contributed by atoms with Gasteiger partial charge in [0.05, 0.1) is 22.1 Å². The standard InChI is InChI=1S/C22H21ClN2O6S/c1-3-4-9-30-21(28)16-10-14(6-8-17(16)23)24-19(26)12-25-20(27)18(32-22(25)29)11-15-7-5-13(2)31-15/h5-8,10-11H,3-4,9,12H2,1-2H3,(H,24,26)/b18-11+. The van der Waals surface area contributed by atoms with Crippen LogP contribution in [-0.4, -0.2) is 41.1 Å². The summed E-state index contributed by atoms with van der Waals surface area (Å²) in [6, 6.07) is 7.78. The van der Waals surface area contributed by atoms with Crippen molar-refractivity contribution in [2.75, 3.05) is 18.5 Å². The van der Waals surface area contributed by atoms with E-state index < -0.39 is 29.6 Å². The summed E-state index contributed by atoms with van der Waals surface area (Å²) in [5, 5.41) is 2.20. The minimum Gasteiger partial charge on any atom is -0.462 e. The number of halogens is 1. The highest BCUT2D eigenvalue weighted by Gasteiger charge is 2.36. The third-order valence-electron chi connectivity index (χ3n) is 4.41. The van der Waals surface area contributed by atoms with E-state index >= 15 is 0 Å². The Morgan fingerprint density at radius 2 is 2.03 bits per heavy atom. The number of rotatable bonds is 8. The van der Waals surface area contributed by atoms with E-state index in [0.717, 1.165) is 29.5 Å². The maximum absolute atomic E-state index is 12.5. The Kier molecular flexibility index (Phi) is 7.76. The number of carbonyl (C=O) groups is 4. The molecular weight excluding hydrogens is 456 g/mol. The fourth-order valence-corrected chi connectivity index (χ4v) is 3.80. The van der Waals surface area contributed by atoms with Crippen LogP contribution in [0, 0.1) is 6.92 Å². The Morgan fingerprint density at radius 1 is 1.25 bits per heavy atom. The van der Waals surface area contributed by atoms with Gasteiger partial charge in [-0.05, 0) is 55.4 Å². The number of thioether (sulfide) groups is 1.